The summed E-state index contributed by atoms with van der Waals surface area (Å²) in [5.41, 5.74) is 0. The van der Waals surface area contributed by atoms with E-state index in [1.807, 2.05) is 4.90 Å². The van der Waals surface area contributed by atoms with Gasteiger partial charge in [0.05, 0.1) is 5.92 Å². The highest BCUT2D eigenvalue weighted by Gasteiger charge is 2.33. The van der Waals surface area contributed by atoms with Gasteiger partial charge in [-0.05, 0) is 39.3 Å². The third kappa shape index (κ3) is 3.87. The summed E-state index contributed by atoms with van der Waals surface area (Å²) in [6, 6.07) is 0.262. The average Bonchev–Trinajstić information content (AvgIpc) is 2.67. The molecule has 2 saturated heterocycles. The minimum Gasteiger partial charge on any atom is -0.481 e. The summed E-state index contributed by atoms with van der Waals surface area (Å²) >= 11 is 0. The van der Waals surface area contributed by atoms with Gasteiger partial charge in [-0.25, -0.2) is 4.79 Å². The summed E-state index contributed by atoms with van der Waals surface area (Å²) in [4.78, 5) is 29.9. The van der Waals surface area contributed by atoms with Gasteiger partial charge in [0.25, 0.3) is 0 Å². The molecule has 2 heterocycles. The molecule has 0 radical (unpaired) electrons. The summed E-state index contributed by atoms with van der Waals surface area (Å²) in [5.74, 6) is -1.19. The Morgan fingerprint density at radius 2 is 1.90 bits per heavy atom. The van der Waals surface area contributed by atoms with Crippen molar-refractivity contribution in [2.45, 2.75) is 38.6 Å². The number of hydrogen-bond acceptors (Lipinski definition) is 3. The number of likely N-dealkylation sites (tertiary alicyclic amines) is 1. The molecule has 0 saturated carbocycles. The summed E-state index contributed by atoms with van der Waals surface area (Å²) < 4.78 is 0. The molecule has 2 rings (SSSR count). The van der Waals surface area contributed by atoms with E-state index in [-0.39, 0.29) is 12.1 Å². The quantitative estimate of drug-likeness (QED) is 0.835. The third-order valence-electron chi connectivity index (χ3n) is 4.66. The van der Waals surface area contributed by atoms with Crippen LogP contribution >= 0.6 is 0 Å². The largest absolute Gasteiger partial charge is 0.481 e. The Balaban J connectivity index is 2.04. The van der Waals surface area contributed by atoms with Crippen molar-refractivity contribution in [2.24, 2.45) is 5.92 Å². The maximum Gasteiger partial charge on any atom is 0.320 e. The monoisotopic (exact) mass is 297 g/mol. The molecule has 2 aliphatic heterocycles. The molecule has 21 heavy (non-hydrogen) atoms. The number of piperidine rings is 1. The van der Waals surface area contributed by atoms with Crippen LogP contribution < -0.4 is 0 Å². The van der Waals surface area contributed by atoms with Crippen LogP contribution in [0.4, 0.5) is 4.79 Å². The molecule has 1 N–H and O–H groups in total. The number of carboxylic acids is 1. The summed E-state index contributed by atoms with van der Waals surface area (Å²) in [5, 5.41) is 9.17. The van der Waals surface area contributed by atoms with Gasteiger partial charge in [0, 0.05) is 32.2 Å². The van der Waals surface area contributed by atoms with Crippen molar-refractivity contribution in [1.29, 1.82) is 0 Å². The number of nitrogens with zero attached hydrogens (tertiary/aromatic N) is 3. The van der Waals surface area contributed by atoms with Crippen molar-refractivity contribution < 1.29 is 14.7 Å². The molecule has 0 aromatic heterocycles. The predicted molar refractivity (Wildman–Crippen MR) is 80.2 cm³/mol. The Hall–Kier alpha value is -1.30. The lowest BCUT2D eigenvalue weighted by atomic mass is 9.98. The van der Waals surface area contributed by atoms with Crippen LogP contribution in [0.25, 0.3) is 0 Å². The van der Waals surface area contributed by atoms with E-state index in [1.165, 1.54) is 0 Å². The maximum atomic E-state index is 12.8. The SMILES string of the molecule is CCC1CN(C)CCCN1C(=O)N1CCC[C@@H](C(=O)O)C1. The van der Waals surface area contributed by atoms with Gasteiger partial charge in [0.2, 0.25) is 0 Å². The Labute approximate surface area is 126 Å². The predicted octanol–water partition coefficient (Wildman–Crippen LogP) is 1.32. The van der Waals surface area contributed by atoms with Gasteiger partial charge in [-0.3, -0.25) is 4.79 Å². The first-order chi connectivity index (χ1) is 10.0. The normalized spacial score (nSPS) is 28.3. The Morgan fingerprint density at radius 1 is 1.14 bits per heavy atom. The van der Waals surface area contributed by atoms with Gasteiger partial charge in [-0.15, -0.1) is 0 Å². The van der Waals surface area contributed by atoms with Gasteiger partial charge in [0.1, 0.15) is 0 Å². The van der Waals surface area contributed by atoms with Crippen LogP contribution in [-0.2, 0) is 4.79 Å². The minimum atomic E-state index is -0.782. The van der Waals surface area contributed by atoms with Crippen LogP contribution in [-0.4, -0.2) is 77.6 Å². The molecule has 2 aliphatic rings. The number of urea groups is 1. The molecule has 120 valence electrons. The van der Waals surface area contributed by atoms with E-state index in [9.17, 15) is 9.59 Å². The summed E-state index contributed by atoms with van der Waals surface area (Å²) in [6.07, 6.45) is 3.38. The number of carbonyl (C=O) groups is 2. The molecule has 0 aromatic carbocycles. The topological polar surface area (TPSA) is 64.1 Å². The van der Waals surface area contributed by atoms with E-state index in [0.29, 0.717) is 19.5 Å². The summed E-state index contributed by atoms with van der Waals surface area (Å²) in [7, 11) is 2.10. The second-order valence-electron chi connectivity index (χ2n) is 6.28. The number of carbonyl (C=O) groups excluding carboxylic acids is 1. The van der Waals surface area contributed by atoms with Gasteiger partial charge in [0.15, 0.2) is 0 Å². The van der Waals surface area contributed by atoms with Crippen LogP contribution in [0.5, 0.6) is 0 Å². The van der Waals surface area contributed by atoms with Crippen molar-refractivity contribution in [3.63, 3.8) is 0 Å². The second-order valence-corrected chi connectivity index (χ2v) is 6.28. The maximum absolute atomic E-state index is 12.8. The van der Waals surface area contributed by atoms with Crippen LogP contribution in [0, 0.1) is 5.92 Å². The number of carboxylic acid groups (broad SMARTS) is 1. The molecule has 2 atom stereocenters. The number of likely N-dealkylation sites (N-methyl/N-ethyl adjacent to an activating group) is 1. The van der Waals surface area contributed by atoms with E-state index in [1.54, 1.807) is 4.90 Å². The zero-order chi connectivity index (χ0) is 15.4. The molecule has 0 aromatic rings. The third-order valence-corrected chi connectivity index (χ3v) is 4.66. The zero-order valence-corrected chi connectivity index (χ0v) is 13.1. The first kappa shape index (κ1) is 16.1. The molecule has 6 nitrogen and oxygen atoms in total. The van der Waals surface area contributed by atoms with Crippen LogP contribution in [0.1, 0.15) is 32.6 Å². The highest BCUT2D eigenvalue weighted by Crippen LogP contribution is 2.21. The average molecular weight is 297 g/mol. The van der Waals surface area contributed by atoms with E-state index in [4.69, 9.17) is 5.11 Å². The molecular formula is C15H27N3O3. The van der Waals surface area contributed by atoms with Crippen molar-refractivity contribution in [3.05, 3.63) is 0 Å². The van der Waals surface area contributed by atoms with Crippen LogP contribution in [0.15, 0.2) is 0 Å². The van der Waals surface area contributed by atoms with Crippen LogP contribution in [0.3, 0.4) is 0 Å². The van der Waals surface area contributed by atoms with E-state index >= 15 is 0 Å². The molecule has 2 amide bonds. The Morgan fingerprint density at radius 3 is 2.57 bits per heavy atom. The van der Waals surface area contributed by atoms with Gasteiger partial charge < -0.3 is 19.8 Å². The lowest BCUT2D eigenvalue weighted by Crippen LogP contribution is -2.53. The highest BCUT2D eigenvalue weighted by molar-refractivity contribution is 5.77. The van der Waals surface area contributed by atoms with Gasteiger partial charge >= 0.3 is 12.0 Å². The molecule has 6 heteroatoms. The first-order valence-corrected chi connectivity index (χ1v) is 7.99. The smallest absolute Gasteiger partial charge is 0.320 e. The van der Waals surface area contributed by atoms with E-state index in [2.05, 4.69) is 18.9 Å². The number of aliphatic carboxylic acids is 1. The van der Waals surface area contributed by atoms with Crippen LogP contribution in [0.2, 0.25) is 0 Å². The fourth-order valence-corrected chi connectivity index (χ4v) is 3.38. The highest BCUT2D eigenvalue weighted by atomic mass is 16.4. The standard InChI is InChI=1S/C15H27N3O3/c1-3-13-11-16(2)7-5-9-18(13)15(21)17-8-4-6-12(10-17)14(19)20/h12-13H,3-11H2,1-2H3,(H,19,20)/t12-,13?/m1/s1. The van der Waals surface area contributed by atoms with Gasteiger partial charge in [-0.1, -0.05) is 6.92 Å². The summed E-state index contributed by atoms with van der Waals surface area (Å²) in [6.45, 7) is 5.84. The van der Waals surface area contributed by atoms with E-state index < -0.39 is 11.9 Å². The number of rotatable bonds is 2. The van der Waals surface area contributed by atoms with Crippen molar-refractivity contribution >= 4 is 12.0 Å². The Kier molecular flexibility index (Phi) is 5.45. The number of hydrogen-bond donors (Lipinski definition) is 1. The fraction of sp³-hybridized carbons (Fsp3) is 0.867. The molecule has 0 aliphatic carbocycles. The lowest BCUT2D eigenvalue weighted by molar-refractivity contribution is -0.143. The number of amides is 2. The van der Waals surface area contributed by atoms with E-state index in [0.717, 1.165) is 38.9 Å². The van der Waals surface area contributed by atoms with Crippen molar-refractivity contribution in [2.75, 3.05) is 39.8 Å². The van der Waals surface area contributed by atoms with Crippen molar-refractivity contribution in [3.8, 4) is 0 Å². The van der Waals surface area contributed by atoms with Gasteiger partial charge in [-0.2, -0.15) is 0 Å². The van der Waals surface area contributed by atoms with Crippen molar-refractivity contribution in [1.82, 2.24) is 14.7 Å². The molecule has 0 bridgehead atoms. The minimum absolute atomic E-state index is 0.0306. The molecular weight excluding hydrogens is 270 g/mol. The fourth-order valence-electron chi connectivity index (χ4n) is 3.38. The molecule has 2 fully saturated rings. The lowest BCUT2D eigenvalue weighted by Gasteiger charge is -2.38. The second kappa shape index (κ2) is 7.11. The Bertz CT molecular complexity index is 388. The molecule has 0 spiro atoms. The zero-order valence-electron chi connectivity index (χ0n) is 13.1. The molecule has 1 unspecified atom stereocenters. The first-order valence-electron chi connectivity index (χ1n) is 7.99.